The Labute approximate surface area is 182 Å². The first-order chi connectivity index (χ1) is 12.5. The van der Waals surface area contributed by atoms with Gasteiger partial charge in [-0.2, -0.15) is 0 Å². The molecular weight excluding hydrogens is 455 g/mol. The Hall–Kier alpha value is -1.22. The van der Waals surface area contributed by atoms with Crippen LogP contribution in [0.25, 0.3) is 0 Å². The number of benzene rings is 1. The van der Waals surface area contributed by atoms with Crippen molar-refractivity contribution in [2.45, 2.75) is 47.2 Å². The maximum Gasteiger partial charge on any atom is 0.191 e. The maximum absolute atomic E-state index is 5.91. The predicted octanol–water partition coefficient (Wildman–Crippen LogP) is 3.50. The number of nitrogens with zero attached hydrogens (tertiary/aromatic N) is 2. The fraction of sp³-hybridized carbons (Fsp3) is 0.650. The van der Waals surface area contributed by atoms with Crippen LogP contribution in [-0.4, -0.2) is 56.8 Å². The number of halogens is 1. The van der Waals surface area contributed by atoms with Crippen LogP contribution < -0.4 is 20.1 Å². The lowest BCUT2D eigenvalue weighted by Gasteiger charge is -2.19. The number of hydrogen-bond donors (Lipinski definition) is 2. The van der Waals surface area contributed by atoms with Gasteiger partial charge in [-0.3, -0.25) is 0 Å². The van der Waals surface area contributed by atoms with Gasteiger partial charge in [0.1, 0.15) is 6.61 Å². The molecule has 0 radical (unpaired) electrons. The molecule has 7 heteroatoms. The number of nitrogens with one attached hydrogen (secondary N) is 2. The van der Waals surface area contributed by atoms with Crippen molar-refractivity contribution < 1.29 is 9.47 Å². The van der Waals surface area contributed by atoms with Crippen LogP contribution in [0.1, 0.15) is 40.2 Å². The number of hydrogen-bond acceptors (Lipinski definition) is 4. The molecule has 156 valence electrons. The zero-order valence-electron chi connectivity index (χ0n) is 17.7. The topological polar surface area (TPSA) is 58.1 Å². The molecule has 2 N–H and O–H groups in total. The summed E-state index contributed by atoms with van der Waals surface area (Å²) in [5, 5.41) is 6.57. The molecule has 0 aliphatic rings. The molecule has 0 unspecified atom stereocenters. The Kier molecular flexibility index (Phi) is 14.1. The Morgan fingerprint density at radius 1 is 1.15 bits per heavy atom. The normalized spacial score (nSPS) is 11.3. The molecule has 1 aromatic carbocycles. The molecule has 1 aromatic rings. The van der Waals surface area contributed by atoms with Crippen LogP contribution in [0.15, 0.2) is 23.2 Å². The highest BCUT2D eigenvalue weighted by Gasteiger charge is 2.07. The van der Waals surface area contributed by atoms with E-state index in [9.17, 15) is 0 Å². The molecule has 0 aromatic heterocycles. The Balaban J connectivity index is 0.00000676. The summed E-state index contributed by atoms with van der Waals surface area (Å²) in [6, 6.07) is 6.34. The molecule has 0 fully saturated rings. The van der Waals surface area contributed by atoms with Gasteiger partial charge >= 0.3 is 0 Å². The standard InChI is InChI=1S/C20H36N4O2.HI/c1-7-21-20(23-16(4)5)22-15-17-10-11-18(19(14-17)25-6)26-13-12-24(8-2)9-3;/h10-11,14,16H,7-9,12-13,15H2,1-6H3,(H2,21,22,23);1H. The molecule has 0 bridgehead atoms. The minimum absolute atomic E-state index is 0. The van der Waals surface area contributed by atoms with Crippen LogP contribution >= 0.6 is 24.0 Å². The van der Waals surface area contributed by atoms with Crippen molar-refractivity contribution in [2.75, 3.05) is 39.9 Å². The number of aliphatic imine (C=N–C) groups is 1. The molecule has 0 aliphatic carbocycles. The van der Waals surface area contributed by atoms with E-state index >= 15 is 0 Å². The van der Waals surface area contributed by atoms with E-state index in [-0.39, 0.29) is 24.0 Å². The summed E-state index contributed by atoms with van der Waals surface area (Å²) >= 11 is 0. The first-order valence-electron chi connectivity index (χ1n) is 9.60. The number of rotatable bonds is 11. The van der Waals surface area contributed by atoms with Crippen LogP contribution in [0, 0.1) is 0 Å². The number of likely N-dealkylation sites (N-methyl/N-ethyl adjacent to an activating group) is 1. The zero-order chi connectivity index (χ0) is 19.4. The average Bonchev–Trinajstić information content (AvgIpc) is 2.63. The summed E-state index contributed by atoms with van der Waals surface area (Å²) in [5.74, 6) is 2.35. The highest BCUT2D eigenvalue weighted by Crippen LogP contribution is 2.28. The van der Waals surface area contributed by atoms with Crippen molar-refractivity contribution in [2.24, 2.45) is 4.99 Å². The van der Waals surface area contributed by atoms with E-state index < -0.39 is 0 Å². The molecule has 0 saturated carbocycles. The van der Waals surface area contributed by atoms with Gasteiger partial charge in [-0.05, 0) is 51.6 Å². The van der Waals surface area contributed by atoms with Gasteiger partial charge in [0.15, 0.2) is 17.5 Å². The number of guanidine groups is 1. The van der Waals surface area contributed by atoms with E-state index in [0.717, 1.165) is 49.2 Å². The van der Waals surface area contributed by atoms with E-state index in [1.54, 1.807) is 7.11 Å². The van der Waals surface area contributed by atoms with Crippen LogP contribution in [0.2, 0.25) is 0 Å². The highest BCUT2D eigenvalue weighted by molar-refractivity contribution is 14.0. The molecule has 0 heterocycles. The number of methoxy groups -OCH3 is 1. The summed E-state index contributed by atoms with van der Waals surface area (Å²) in [7, 11) is 1.67. The summed E-state index contributed by atoms with van der Waals surface area (Å²) in [6.07, 6.45) is 0. The molecule has 0 aliphatic heterocycles. The maximum atomic E-state index is 5.91. The van der Waals surface area contributed by atoms with Gasteiger partial charge in [-0.25, -0.2) is 4.99 Å². The molecule has 0 saturated heterocycles. The third-order valence-corrected chi connectivity index (χ3v) is 3.98. The van der Waals surface area contributed by atoms with Crippen LogP contribution in [0.5, 0.6) is 11.5 Å². The second kappa shape index (κ2) is 14.8. The van der Waals surface area contributed by atoms with Gasteiger partial charge in [-0.15, -0.1) is 24.0 Å². The minimum atomic E-state index is 0. The van der Waals surface area contributed by atoms with E-state index in [1.807, 2.05) is 18.2 Å². The molecule has 0 amide bonds. The molecule has 0 atom stereocenters. The van der Waals surface area contributed by atoms with Crippen molar-refractivity contribution >= 4 is 29.9 Å². The van der Waals surface area contributed by atoms with Gasteiger partial charge < -0.3 is 25.0 Å². The van der Waals surface area contributed by atoms with Crippen LogP contribution in [0.4, 0.5) is 0 Å². The van der Waals surface area contributed by atoms with Gasteiger partial charge in [0.05, 0.1) is 13.7 Å². The lowest BCUT2D eigenvalue weighted by Crippen LogP contribution is -2.40. The van der Waals surface area contributed by atoms with Gasteiger partial charge in [0.2, 0.25) is 0 Å². The lowest BCUT2D eigenvalue weighted by molar-refractivity contribution is 0.217. The quantitative estimate of drug-likeness (QED) is 0.282. The predicted molar refractivity (Wildman–Crippen MR) is 125 cm³/mol. The summed E-state index contributed by atoms with van der Waals surface area (Å²) in [6.45, 7) is 15.6. The van der Waals surface area contributed by atoms with Crippen molar-refractivity contribution in [3.8, 4) is 11.5 Å². The van der Waals surface area contributed by atoms with Crippen LogP contribution in [0.3, 0.4) is 0 Å². The lowest BCUT2D eigenvalue weighted by atomic mass is 10.2. The molecule has 1 rings (SSSR count). The van der Waals surface area contributed by atoms with E-state index in [1.165, 1.54) is 0 Å². The third kappa shape index (κ3) is 10.0. The monoisotopic (exact) mass is 492 g/mol. The van der Waals surface area contributed by atoms with E-state index in [0.29, 0.717) is 19.2 Å². The van der Waals surface area contributed by atoms with E-state index in [4.69, 9.17) is 9.47 Å². The second-order valence-corrected chi connectivity index (χ2v) is 6.35. The van der Waals surface area contributed by atoms with Crippen molar-refractivity contribution in [1.29, 1.82) is 0 Å². The number of ether oxygens (including phenoxy) is 2. The van der Waals surface area contributed by atoms with Gasteiger partial charge in [0.25, 0.3) is 0 Å². The molecule has 6 nitrogen and oxygen atoms in total. The Morgan fingerprint density at radius 3 is 2.41 bits per heavy atom. The van der Waals surface area contributed by atoms with Gasteiger partial charge in [-0.1, -0.05) is 19.9 Å². The largest absolute Gasteiger partial charge is 0.493 e. The molecule has 0 spiro atoms. The first kappa shape index (κ1) is 25.8. The highest BCUT2D eigenvalue weighted by atomic mass is 127. The van der Waals surface area contributed by atoms with E-state index in [2.05, 4.69) is 55.1 Å². The smallest absolute Gasteiger partial charge is 0.191 e. The van der Waals surface area contributed by atoms with Crippen molar-refractivity contribution in [3.63, 3.8) is 0 Å². The fourth-order valence-corrected chi connectivity index (χ4v) is 2.52. The Bertz CT molecular complexity index is 549. The zero-order valence-corrected chi connectivity index (χ0v) is 20.0. The van der Waals surface area contributed by atoms with Crippen molar-refractivity contribution in [1.82, 2.24) is 15.5 Å². The summed E-state index contributed by atoms with van der Waals surface area (Å²) in [4.78, 5) is 6.96. The minimum Gasteiger partial charge on any atom is -0.493 e. The fourth-order valence-electron chi connectivity index (χ4n) is 2.52. The molecule has 27 heavy (non-hydrogen) atoms. The molecular formula is C20H37IN4O2. The summed E-state index contributed by atoms with van der Waals surface area (Å²) in [5.41, 5.74) is 1.08. The SMILES string of the molecule is CCNC(=NCc1ccc(OCCN(CC)CC)c(OC)c1)NC(C)C.I. The average molecular weight is 492 g/mol. The Morgan fingerprint density at radius 2 is 1.85 bits per heavy atom. The second-order valence-electron chi connectivity index (χ2n) is 6.35. The van der Waals surface area contributed by atoms with Crippen LogP contribution in [-0.2, 0) is 6.54 Å². The van der Waals surface area contributed by atoms with Crippen molar-refractivity contribution in [3.05, 3.63) is 23.8 Å². The first-order valence-corrected chi connectivity index (χ1v) is 9.60. The van der Waals surface area contributed by atoms with Gasteiger partial charge in [0, 0.05) is 19.1 Å². The summed E-state index contributed by atoms with van der Waals surface area (Å²) < 4.78 is 11.4. The third-order valence-electron chi connectivity index (χ3n) is 3.98.